The lowest BCUT2D eigenvalue weighted by Crippen LogP contribution is -2.46. The zero-order valence-corrected chi connectivity index (χ0v) is 16.5. The van der Waals surface area contributed by atoms with Gasteiger partial charge < -0.3 is 14.4 Å². The van der Waals surface area contributed by atoms with Crippen molar-refractivity contribution in [3.63, 3.8) is 0 Å². The first-order valence-corrected chi connectivity index (χ1v) is 10.6. The standard InChI is InChI=1S/C18H22N4O5S/c1-11-17(12(2)20-19-11)28(24,25)21-14-5-7-22(8-6-14)18(23)13-3-4-15-16(9-13)27-10-26-15/h3-4,9,14,21H,5-8,10H2,1-2H3,(H,19,20). The summed E-state index contributed by atoms with van der Waals surface area (Å²) in [4.78, 5) is 14.7. The molecule has 0 aliphatic carbocycles. The Balaban J connectivity index is 1.39. The van der Waals surface area contributed by atoms with Gasteiger partial charge in [0.2, 0.25) is 16.8 Å². The van der Waals surface area contributed by atoms with E-state index in [-0.39, 0.29) is 23.6 Å². The van der Waals surface area contributed by atoms with Crippen LogP contribution >= 0.6 is 0 Å². The van der Waals surface area contributed by atoms with Crippen molar-refractivity contribution in [2.24, 2.45) is 0 Å². The number of ether oxygens (including phenoxy) is 2. The van der Waals surface area contributed by atoms with Crippen LogP contribution < -0.4 is 14.2 Å². The first kappa shape index (κ1) is 18.8. The molecule has 0 unspecified atom stereocenters. The van der Waals surface area contributed by atoms with Gasteiger partial charge in [-0.15, -0.1) is 0 Å². The Kier molecular flexibility index (Phi) is 4.76. The number of aromatic nitrogens is 2. The molecular weight excluding hydrogens is 384 g/mol. The molecule has 0 spiro atoms. The van der Waals surface area contributed by atoms with Gasteiger partial charge in [0.1, 0.15) is 4.90 Å². The highest BCUT2D eigenvalue weighted by Gasteiger charge is 2.30. The summed E-state index contributed by atoms with van der Waals surface area (Å²) in [6.07, 6.45) is 1.09. The number of amides is 1. The maximum Gasteiger partial charge on any atom is 0.253 e. The lowest BCUT2D eigenvalue weighted by Gasteiger charge is -2.32. The van der Waals surface area contributed by atoms with E-state index in [4.69, 9.17) is 9.47 Å². The van der Waals surface area contributed by atoms with E-state index in [9.17, 15) is 13.2 Å². The number of aromatic amines is 1. The van der Waals surface area contributed by atoms with Crippen LogP contribution in [-0.2, 0) is 10.0 Å². The van der Waals surface area contributed by atoms with Crippen molar-refractivity contribution in [1.82, 2.24) is 19.8 Å². The van der Waals surface area contributed by atoms with Crippen LogP contribution in [0.3, 0.4) is 0 Å². The maximum atomic E-state index is 12.7. The second kappa shape index (κ2) is 7.10. The first-order chi connectivity index (χ1) is 13.3. The summed E-state index contributed by atoms with van der Waals surface area (Å²) in [5.74, 6) is 1.11. The highest BCUT2D eigenvalue weighted by Crippen LogP contribution is 2.33. The second-order valence-electron chi connectivity index (χ2n) is 7.02. The molecule has 1 fully saturated rings. The monoisotopic (exact) mass is 406 g/mol. The molecule has 2 aliphatic heterocycles. The number of hydrogen-bond donors (Lipinski definition) is 2. The Hall–Kier alpha value is -2.59. The van der Waals surface area contributed by atoms with Crippen LogP contribution in [0.15, 0.2) is 23.1 Å². The van der Waals surface area contributed by atoms with Gasteiger partial charge >= 0.3 is 0 Å². The third-order valence-electron chi connectivity index (χ3n) is 5.05. The van der Waals surface area contributed by atoms with Crippen molar-refractivity contribution >= 4 is 15.9 Å². The van der Waals surface area contributed by atoms with Crippen LogP contribution in [0.4, 0.5) is 0 Å². The molecule has 4 rings (SSSR count). The van der Waals surface area contributed by atoms with Crippen LogP contribution in [-0.4, -0.2) is 55.3 Å². The van der Waals surface area contributed by atoms with Gasteiger partial charge in [-0.1, -0.05) is 0 Å². The lowest BCUT2D eigenvalue weighted by atomic mass is 10.0. The summed E-state index contributed by atoms with van der Waals surface area (Å²) in [5.41, 5.74) is 1.49. The number of nitrogens with one attached hydrogen (secondary N) is 2. The van der Waals surface area contributed by atoms with Crippen LogP contribution in [0.25, 0.3) is 0 Å². The Labute approximate surface area is 163 Å². The lowest BCUT2D eigenvalue weighted by molar-refractivity contribution is 0.0711. The number of fused-ring (bicyclic) bond motifs is 1. The number of hydrogen-bond acceptors (Lipinski definition) is 6. The number of rotatable bonds is 4. The summed E-state index contributed by atoms with van der Waals surface area (Å²) in [6, 6.07) is 4.91. The zero-order valence-electron chi connectivity index (χ0n) is 15.7. The van der Waals surface area contributed by atoms with E-state index in [0.717, 1.165) is 0 Å². The molecule has 1 saturated heterocycles. The fourth-order valence-electron chi connectivity index (χ4n) is 3.63. The minimum Gasteiger partial charge on any atom is -0.454 e. The van der Waals surface area contributed by atoms with Gasteiger partial charge in [0.15, 0.2) is 11.5 Å². The van der Waals surface area contributed by atoms with Crippen molar-refractivity contribution < 1.29 is 22.7 Å². The fraction of sp³-hybridized carbons (Fsp3) is 0.444. The van der Waals surface area contributed by atoms with E-state index in [2.05, 4.69) is 14.9 Å². The van der Waals surface area contributed by atoms with Crippen molar-refractivity contribution in [1.29, 1.82) is 0 Å². The van der Waals surface area contributed by atoms with Gasteiger partial charge in [-0.05, 0) is 44.9 Å². The second-order valence-corrected chi connectivity index (χ2v) is 8.67. The Morgan fingerprint density at radius 2 is 1.93 bits per heavy atom. The average Bonchev–Trinajstić information content (AvgIpc) is 3.27. The van der Waals surface area contributed by atoms with E-state index in [0.29, 0.717) is 54.4 Å². The third kappa shape index (κ3) is 3.45. The molecule has 0 saturated carbocycles. The molecule has 150 valence electrons. The number of nitrogens with zero attached hydrogens (tertiary/aromatic N) is 2. The summed E-state index contributed by atoms with van der Waals surface area (Å²) < 4.78 is 38.7. The van der Waals surface area contributed by atoms with Gasteiger partial charge in [-0.25, -0.2) is 13.1 Å². The van der Waals surface area contributed by atoms with Gasteiger partial charge in [0, 0.05) is 24.7 Å². The largest absolute Gasteiger partial charge is 0.454 e. The smallest absolute Gasteiger partial charge is 0.253 e. The third-order valence-corrected chi connectivity index (χ3v) is 6.84. The highest BCUT2D eigenvalue weighted by molar-refractivity contribution is 7.89. The van der Waals surface area contributed by atoms with Gasteiger partial charge in [0.25, 0.3) is 5.91 Å². The Morgan fingerprint density at radius 1 is 1.21 bits per heavy atom. The zero-order chi connectivity index (χ0) is 19.9. The average molecular weight is 406 g/mol. The molecule has 0 radical (unpaired) electrons. The molecule has 3 heterocycles. The summed E-state index contributed by atoms with van der Waals surface area (Å²) in [7, 11) is -3.65. The van der Waals surface area contributed by atoms with Crippen LogP contribution in [0.5, 0.6) is 11.5 Å². The van der Waals surface area contributed by atoms with Crippen molar-refractivity contribution in [2.45, 2.75) is 37.6 Å². The number of benzene rings is 1. The van der Waals surface area contributed by atoms with E-state index in [1.54, 1.807) is 36.9 Å². The number of sulfonamides is 1. The highest BCUT2D eigenvalue weighted by atomic mass is 32.2. The Bertz CT molecular complexity index is 989. The van der Waals surface area contributed by atoms with E-state index >= 15 is 0 Å². The molecule has 28 heavy (non-hydrogen) atoms. The SMILES string of the molecule is Cc1n[nH]c(C)c1S(=O)(=O)NC1CCN(C(=O)c2ccc3c(c2)OCO3)CC1. The summed E-state index contributed by atoms with van der Waals surface area (Å²) in [6.45, 7) is 4.45. The van der Waals surface area contributed by atoms with Crippen molar-refractivity contribution in [3.8, 4) is 11.5 Å². The van der Waals surface area contributed by atoms with E-state index in [1.165, 1.54) is 0 Å². The predicted molar refractivity (Wildman–Crippen MR) is 99.9 cm³/mol. The van der Waals surface area contributed by atoms with Crippen LogP contribution in [0.2, 0.25) is 0 Å². The van der Waals surface area contributed by atoms with Crippen molar-refractivity contribution in [2.75, 3.05) is 19.9 Å². The molecule has 1 aromatic heterocycles. The van der Waals surface area contributed by atoms with Crippen LogP contribution in [0.1, 0.15) is 34.6 Å². The topological polar surface area (TPSA) is 114 Å². The number of carbonyl (C=O) groups excluding carboxylic acids is 1. The number of piperidine rings is 1. The Morgan fingerprint density at radius 3 is 2.61 bits per heavy atom. The molecule has 0 bridgehead atoms. The number of likely N-dealkylation sites (tertiary alicyclic amines) is 1. The number of H-pyrrole nitrogens is 1. The molecule has 1 aromatic carbocycles. The molecule has 9 nitrogen and oxygen atoms in total. The van der Waals surface area contributed by atoms with E-state index in [1.807, 2.05) is 0 Å². The van der Waals surface area contributed by atoms with E-state index < -0.39 is 10.0 Å². The maximum absolute atomic E-state index is 12.7. The minimum absolute atomic E-state index is 0.0962. The van der Waals surface area contributed by atoms with Gasteiger partial charge in [-0.2, -0.15) is 5.10 Å². The van der Waals surface area contributed by atoms with Gasteiger partial charge in [-0.3, -0.25) is 9.89 Å². The summed E-state index contributed by atoms with van der Waals surface area (Å²) >= 11 is 0. The van der Waals surface area contributed by atoms with Crippen molar-refractivity contribution in [3.05, 3.63) is 35.2 Å². The molecule has 2 aromatic rings. The van der Waals surface area contributed by atoms with Crippen LogP contribution in [0, 0.1) is 13.8 Å². The molecule has 1 amide bonds. The predicted octanol–water partition coefficient (Wildman–Crippen LogP) is 1.34. The molecular formula is C18H22N4O5S. The van der Waals surface area contributed by atoms with Gasteiger partial charge in [0.05, 0.1) is 11.4 Å². The molecule has 2 aliphatic rings. The number of carbonyl (C=O) groups is 1. The fourth-order valence-corrected chi connectivity index (χ4v) is 5.30. The normalized spacial score (nSPS) is 17.1. The number of aryl methyl sites for hydroxylation is 2. The molecule has 2 N–H and O–H groups in total. The minimum atomic E-state index is -3.65. The quantitative estimate of drug-likeness (QED) is 0.792. The molecule has 0 atom stereocenters. The first-order valence-electron chi connectivity index (χ1n) is 9.08. The summed E-state index contributed by atoms with van der Waals surface area (Å²) in [5, 5.41) is 6.65. The molecule has 10 heteroatoms.